The first kappa shape index (κ1) is 17.3. The van der Waals surface area contributed by atoms with Crippen molar-refractivity contribution in [3.8, 4) is 0 Å². The Morgan fingerprint density at radius 3 is 2.88 bits per heavy atom. The molecular formula is C17H20FNO4S. The number of benzene rings is 1. The van der Waals surface area contributed by atoms with Gasteiger partial charge >= 0.3 is 0 Å². The molecule has 2 heterocycles. The third-order valence-corrected chi connectivity index (χ3v) is 5.19. The molecule has 0 aliphatic carbocycles. The number of nitrogens with one attached hydrogen (secondary N) is 1. The summed E-state index contributed by atoms with van der Waals surface area (Å²) in [5.41, 5.74) is 2.91. The Morgan fingerprint density at radius 2 is 2.21 bits per heavy atom. The largest absolute Gasteiger partial charge is 0.459 e. The Bertz CT molecular complexity index is 727. The van der Waals surface area contributed by atoms with Crippen LogP contribution in [0.2, 0.25) is 0 Å². The van der Waals surface area contributed by atoms with Crippen LogP contribution < -0.4 is 5.32 Å². The number of furan rings is 1. The van der Waals surface area contributed by atoms with Gasteiger partial charge in [-0.25, -0.2) is 4.39 Å². The number of halogens is 1. The Morgan fingerprint density at radius 1 is 1.46 bits per heavy atom. The third-order valence-electron chi connectivity index (χ3n) is 4.19. The fourth-order valence-corrected chi connectivity index (χ4v) is 3.28. The van der Waals surface area contributed by atoms with Gasteiger partial charge in [0.25, 0.3) is 0 Å². The van der Waals surface area contributed by atoms with E-state index in [0.717, 1.165) is 12.0 Å². The first-order valence-corrected chi connectivity index (χ1v) is 8.86. The van der Waals surface area contributed by atoms with Gasteiger partial charge < -0.3 is 19.2 Å². The van der Waals surface area contributed by atoms with Gasteiger partial charge in [0.05, 0.1) is 18.9 Å². The molecule has 1 aliphatic rings. The van der Waals surface area contributed by atoms with Crippen LogP contribution in [0.5, 0.6) is 0 Å². The Labute approximate surface area is 143 Å². The van der Waals surface area contributed by atoms with Crippen molar-refractivity contribution >= 4 is 34.0 Å². The third kappa shape index (κ3) is 3.29. The average Bonchev–Trinajstić information content (AvgIpc) is 3.24. The van der Waals surface area contributed by atoms with E-state index in [4.69, 9.17) is 13.9 Å². The monoisotopic (exact) mass is 353 g/mol. The summed E-state index contributed by atoms with van der Waals surface area (Å²) in [4.78, 5) is 10.7. The zero-order chi connectivity index (χ0) is 17.1. The number of ether oxygens (including phenoxy) is 2. The molecule has 2 aromatic rings. The summed E-state index contributed by atoms with van der Waals surface area (Å²) in [6.07, 6.45) is 1.82. The zero-order valence-electron chi connectivity index (χ0n) is 13.6. The first-order valence-electron chi connectivity index (χ1n) is 7.92. The average molecular weight is 353 g/mol. The summed E-state index contributed by atoms with van der Waals surface area (Å²) in [5.74, 6) is -0.399. The van der Waals surface area contributed by atoms with Gasteiger partial charge in [-0.05, 0) is 25.0 Å². The second kappa shape index (κ2) is 7.55. The minimum atomic E-state index is -0.541. The molecule has 0 radical (unpaired) electrons. The Kier molecular flexibility index (Phi) is 5.43. The summed E-state index contributed by atoms with van der Waals surface area (Å²) in [6.45, 7) is 5.31. The molecule has 1 fully saturated rings. The lowest BCUT2D eigenvalue weighted by Crippen LogP contribution is -2.15. The van der Waals surface area contributed by atoms with Gasteiger partial charge in [0.15, 0.2) is 23.3 Å². The SMILES string of the molecule is CC[C@@H](CNc1coc2c(F)c(C)c(C3OCCO3)cc12)SC=O. The highest BCUT2D eigenvalue weighted by Crippen LogP contribution is 2.36. The number of fused-ring (bicyclic) bond motifs is 1. The zero-order valence-corrected chi connectivity index (χ0v) is 14.5. The van der Waals surface area contributed by atoms with Crippen molar-refractivity contribution < 1.29 is 23.1 Å². The van der Waals surface area contributed by atoms with E-state index in [1.54, 1.807) is 6.92 Å². The van der Waals surface area contributed by atoms with Crippen LogP contribution in [0.3, 0.4) is 0 Å². The van der Waals surface area contributed by atoms with Crippen LogP contribution in [0.15, 0.2) is 16.7 Å². The minimum absolute atomic E-state index is 0.156. The lowest BCUT2D eigenvalue weighted by atomic mass is 10.0. The molecule has 0 amide bonds. The van der Waals surface area contributed by atoms with Crippen LogP contribution in [-0.4, -0.2) is 30.6 Å². The Hall–Kier alpha value is -1.57. The van der Waals surface area contributed by atoms with E-state index in [0.29, 0.717) is 42.0 Å². The number of thioether (sulfide) groups is 1. The number of rotatable bonds is 7. The standard InChI is InChI=1S/C17H20FNO4S/c1-3-11(24-9-20)7-19-14-8-23-16-13(14)6-12(10(2)15(16)18)17-21-4-5-22-17/h6,8-9,11,17,19H,3-5,7H2,1-2H3/t11-/m0/s1. The molecule has 0 saturated carbocycles. The minimum Gasteiger partial charge on any atom is -0.459 e. The van der Waals surface area contributed by atoms with Crippen molar-refractivity contribution in [3.63, 3.8) is 0 Å². The van der Waals surface area contributed by atoms with E-state index >= 15 is 0 Å². The van der Waals surface area contributed by atoms with Crippen LogP contribution in [0.4, 0.5) is 10.1 Å². The van der Waals surface area contributed by atoms with E-state index in [9.17, 15) is 9.18 Å². The molecule has 24 heavy (non-hydrogen) atoms. The van der Waals surface area contributed by atoms with E-state index in [1.807, 2.05) is 13.0 Å². The van der Waals surface area contributed by atoms with Crippen molar-refractivity contribution in [2.24, 2.45) is 0 Å². The fourth-order valence-electron chi connectivity index (χ4n) is 2.75. The number of hydrogen-bond donors (Lipinski definition) is 1. The lowest BCUT2D eigenvalue weighted by Gasteiger charge is -2.15. The maximum atomic E-state index is 14.6. The van der Waals surface area contributed by atoms with Gasteiger partial charge in [0.1, 0.15) is 6.26 Å². The quantitative estimate of drug-likeness (QED) is 0.758. The molecule has 1 saturated heterocycles. The molecule has 1 N–H and O–H groups in total. The van der Waals surface area contributed by atoms with Crippen molar-refractivity contribution in [3.05, 3.63) is 29.3 Å². The van der Waals surface area contributed by atoms with Crippen molar-refractivity contribution in [2.45, 2.75) is 31.8 Å². The highest BCUT2D eigenvalue weighted by molar-refractivity contribution is 8.12. The van der Waals surface area contributed by atoms with Crippen LogP contribution in [-0.2, 0) is 14.3 Å². The fraction of sp³-hybridized carbons (Fsp3) is 0.471. The summed E-state index contributed by atoms with van der Waals surface area (Å²) in [6, 6.07) is 1.85. The number of carbonyl (C=O) groups excluding carboxylic acids is 1. The normalized spacial score (nSPS) is 16.6. The lowest BCUT2D eigenvalue weighted by molar-refractivity contribution is -0.0446. The predicted molar refractivity (Wildman–Crippen MR) is 92.5 cm³/mol. The highest BCUT2D eigenvalue weighted by Gasteiger charge is 2.25. The molecule has 1 aromatic heterocycles. The molecule has 0 spiro atoms. The molecule has 5 nitrogen and oxygen atoms in total. The van der Waals surface area contributed by atoms with E-state index in [-0.39, 0.29) is 10.8 Å². The summed E-state index contributed by atoms with van der Waals surface area (Å²) >= 11 is 1.25. The highest BCUT2D eigenvalue weighted by atomic mass is 32.2. The van der Waals surface area contributed by atoms with Crippen molar-refractivity contribution in [1.82, 2.24) is 0 Å². The molecule has 0 unspecified atom stereocenters. The van der Waals surface area contributed by atoms with Crippen molar-refractivity contribution in [1.29, 1.82) is 0 Å². The summed E-state index contributed by atoms with van der Waals surface area (Å²) in [5, 5.41) is 4.05. The number of carbonyl (C=O) groups is 1. The van der Waals surface area contributed by atoms with Gasteiger partial charge in [-0.1, -0.05) is 18.7 Å². The molecule has 0 bridgehead atoms. The summed E-state index contributed by atoms with van der Waals surface area (Å²) < 4.78 is 31.0. The van der Waals surface area contributed by atoms with Crippen LogP contribution in [0, 0.1) is 12.7 Å². The van der Waals surface area contributed by atoms with Gasteiger partial charge in [-0.15, -0.1) is 0 Å². The second-order valence-corrected chi connectivity index (χ2v) is 6.78. The van der Waals surface area contributed by atoms with E-state index < -0.39 is 12.1 Å². The van der Waals surface area contributed by atoms with Crippen molar-refractivity contribution in [2.75, 3.05) is 25.1 Å². The molecule has 1 aromatic carbocycles. The second-order valence-electron chi connectivity index (χ2n) is 5.65. The maximum Gasteiger partial charge on any atom is 0.184 e. The van der Waals surface area contributed by atoms with E-state index in [1.165, 1.54) is 18.0 Å². The molecule has 3 rings (SSSR count). The topological polar surface area (TPSA) is 60.7 Å². The van der Waals surface area contributed by atoms with Gasteiger partial charge in [0, 0.05) is 22.7 Å². The maximum absolute atomic E-state index is 14.6. The van der Waals surface area contributed by atoms with Gasteiger partial charge in [0.2, 0.25) is 0 Å². The number of hydrogen-bond acceptors (Lipinski definition) is 6. The molecule has 130 valence electrons. The summed E-state index contributed by atoms with van der Waals surface area (Å²) in [7, 11) is 0. The van der Waals surface area contributed by atoms with Crippen LogP contribution in [0.25, 0.3) is 11.0 Å². The molecule has 7 heteroatoms. The predicted octanol–water partition coefficient (Wildman–Crippen LogP) is 4.04. The van der Waals surface area contributed by atoms with Gasteiger partial charge in [-0.3, -0.25) is 4.79 Å². The smallest absolute Gasteiger partial charge is 0.184 e. The first-order chi connectivity index (χ1) is 11.7. The van der Waals surface area contributed by atoms with E-state index in [2.05, 4.69) is 5.32 Å². The van der Waals surface area contributed by atoms with Gasteiger partial charge in [-0.2, -0.15) is 0 Å². The van der Waals surface area contributed by atoms with Crippen LogP contribution >= 0.6 is 11.8 Å². The van der Waals surface area contributed by atoms with Crippen LogP contribution in [0.1, 0.15) is 30.8 Å². The molecule has 1 aliphatic heterocycles. The molecule has 1 atom stereocenters. The molecular weight excluding hydrogens is 333 g/mol. The Balaban J connectivity index is 1.90. The number of anilines is 1.